The minimum absolute atomic E-state index is 0.601. The number of nitrogens with zero attached hydrogens (tertiary/aromatic N) is 3. The van der Waals surface area contributed by atoms with E-state index in [1.54, 1.807) is 0 Å². The van der Waals surface area contributed by atoms with Crippen molar-refractivity contribution in [3.8, 4) is 11.6 Å². The molecule has 0 saturated carbocycles. The van der Waals surface area contributed by atoms with E-state index in [0.29, 0.717) is 5.88 Å². The standard InChI is InChI=1S/C17H13N3O/c1-12-11-16-18-17(21-13-7-3-2-4-8-13)14-9-5-6-10-15(14)20(16)19-12/h2-11H,1H3. The van der Waals surface area contributed by atoms with Gasteiger partial charge in [-0.3, -0.25) is 0 Å². The summed E-state index contributed by atoms with van der Waals surface area (Å²) in [5.74, 6) is 1.37. The number of para-hydroxylation sites is 2. The summed E-state index contributed by atoms with van der Waals surface area (Å²) >= 11 is 0. The van der Waals surface area contributed by atoms with E-state index in [1.165, 1.54) is 0 Å². The van der Waals surface area contributed by atoms with Crippen molar-refractivity contribution in [2.75, 3.05) is 0 Å². The third-order valence-corrected chi connectivity index (χ3v) is 3.35. The average molecular weight is 275 g/mol. The second kappa shape index (κ2) is 4.59. The maximum absolute atomic E-state index is 5.96. The largest absolute Gasteiger partial charge is 0.438 e. The normalized spacial score (nSPS) is 11.1. The molecule has 4 rings (SSSR count). The maximum atomic E-state index is 5.96. The van der Waals surface area contributed by atoms with E-state index in [2.05, 4.69) is 10.1 Å². The minimum atomic E-state index is 0.601. The van der Waals surface area contributed by atoms with E-state index in [0.717, 1.165) is 28.0 Å². The Morgan fingerprint density at radius 2 is 1.71 bits per heavy atom. The summed E-state index contributed by atoms with van der Waals surface area (Å²) in [5, 5.41) is 5.43. The lowest BCUT2D eigenvalue weighted by molar-refractivity contribution is 0.470. The average Bonchev–Trinajstić information content (AvgIpc) is 2.89. The highest BCUT2D eigenvalue weighted by molar-refractivity contribution is 5.86. The fraction of sp³-hybridized carbons (Fsp3) is 0.0588. The van der Waals surface area contributed by atoms with Crippen LogP contribution in [-0.2, 0) is 0 Å². The number of aryl methyl sites for hydroxylation is 1. The molecule has 2 heterocycles. The quantitative estimate of drug-likeness (QED) is 0.555. The summed E-state index contributed by atoms with van der Waals surface area (Å²) in [6.07, 6.45) is 0. The van der Waals surface area contributed by atoms with Crippen LogP contribution < -0.4 is 4.74 Å². The number of hydrogen-bond donors (Lipinski definition) is 0. The molecule has 4 aromatic rings. The van der Waals surface area contributed by atoms with Crippen molar-refractivity contribution in [1.29, 1.82) is 0 Å². The Hall–Kier alpha value is -2.88. The molecule has 0 spiro atoms. The zero-order valence-corrected chi connectivity index (χ0v) is 11.5. The van der Waals surface area contributed by atoms with Gasteiger partial charge in [0.25, 0.3) is 0 Å². The Morgan fingerprint density at radius 3 is 2.57 bits per heavy atom. The van der Waals surface area contributed by atoms with Crippen LogP contribution in [0.3, 0.4) is 0 Å². The molecule has 4 nitrogen and oxygen atoms in total. The molecular weight excluding hydrogens is 262 g/mol. The summed E-state index contributed by atoms with van der Waals surface area (Å²) in [6.45, 7) is 1.96. The van der Waals surface area contributed by atoms with Gasteiger partial charge in [-0.25, -0.2) is 4.52 Å². The second-order valence-corrected chi connectivity index (χ2v) is 4.90. The monoisotopic (exact) mass is 275 g/mol. The Morgan fingerprint density at radius 1 is 0.952 bits per heavy atom. The van der Waals surface area contributed by atoms with Crippen LogP contribution >= 0.6 is 0 Å². The Labute approximate surface area is 121 Å². The third-order valence-electron chi connectivity index (χ3n) is 3.35. The molecule has 0 atom stereocenters. The van der Waals surface area contributed by atoms with Crippen LogP contribution in [0.2, 0.25) is 0 Å². The van der Waals surface area contributed by atoms with E-state index >= 15 is 0 Å². The van der Waals surface area contributed by atoms with Gasteiger partial charge in [-0.1, -0.05) is 30.3 Å². The summed E-state index contributed by atoms with van der Waals surface area (Å²) in [4.78, 5) is 4.60. The number of ether oxygens (including phenoxy) is 1. The molecule has 0 N–H and O–H groups in total. The number of fused-ring (bicyclic) bond motifs is 3. The predicted molar refractivity (Wildman–Crippen MR) is 81.7 cm³/mol. The van der Waals surface area contributed by atoms with Crippen LogP contribution in [0.5, 0.6) is 11.6 Å². The first-order chi connectivity index (χ1) is 10.3. The molecule has 0 aliphatic heterocycles. The lowest BCUT2D eigenvalue weighted by Gasteiger charge is -2.09. The summed E-state index contributed by atoms with van der Waals surface area (Å²) in [5.41, 5.74) is 2.71. The smallest absolute Gasteiger partial charge is 0.230 e. The molecule has 0 bridgehead atoms. The number of rotatable bonds is 2. The molecule has 0 saturated heterocycles. The zero-order valence-electron chi connectivity index (χ0n) is 11.5. The molecule has 0 radical (unpaired) electrons. The summed E-state index contributed by atoms with van der Waals surface area (Å²) in [7, 11) is 0. The fourth-order valence-electron chi connectivity index (χ4n) is 2.42. The topological polar surface area (TPSA) is 39.4 Å². The van der Waals surface area contributed by atoms with Gasteiger partial charge in [0.1, 0.15) is 5.75 Å². The van der Waals surface area contributed by atoms with Crippen LogP contribution in [0.1, 0.15) is 5.69 Å². The maximum Gasteiger partial charge on any atom is 0.230 e. The molecular formula is C17H13N3O. The fourth-order valence-corrected chi connectivity index (χ4v) is 2.42. The van der Waals surface area contributed by atoms with Crippen LogP contribution in [0.15, 0.2) is 60.7 Å². The molecule has 0 amide bonds. The van der Waals surface area contributed by atoms with E-state index < -0.39 is 0 Å². The predicted octanol–water partition coefficient (Wildman–Crippen LogP) is 3.98. The van der Waals surface area contributed by atoms with Gasteiger partial charge in [0.15, 0.2) is 5.65 Å². The van der Waals surface area contributed by atoms with Gasteiger partial charge in [-0.2, -0.15) is 10.1 Å². The molecule has 0 unspecified atom stereocenters. The van der Waals surface area contributed by atoms with Crippen molar-refractivity contribution in [3.63, 3.8) is 0 Å². The van der Waals surface area contributed by atoms with Crippen LogP contribution in [0, 0.1) is 6.92 Å². The number of hydrogen-bond acceptors (Lipinski definition) is 3. The van der Waals surface area contributed by atoms with E-state index in [9.17, 15) is 0 Å². The zero-order chi connectivity index (χ0) is 14.2. The van der Waals surface area contributed by atoms with Crippen molar-refractivity contribution in [3.05, 3.63) is 66.4 Å². The second-order valence-electron chi connectivity index (χ2n) is 4.90. The highest BCUT2D eigenvalue weighted by Gasteiger charge is 2.11. The van der Waals surface area contributed by atoms with Gasteiger partial charge < -0.3 is 4.74 Å². The highest BCUT2D eigenvalue weighted by atomic mass is 16.5. The lowest BCUT2D eigenvalue weighted by Crippen LogP contribution is -1.97. The van der Waals surface area contributed by atoms with Gasteiger partial charge in [-0.15, -0.1) is 0 Å². The van der Waals surface area contributed by atoms with Crippen molar-refractivity contribution < 1.29 is 4.74 Å². The van der Waals surface area contributed by atoms with Crippen LogP contribution in [0.4, 0.5) is 0 Å². The molecule has 4 heteroatoms. The van der Waals surface area contributed by atoms with Crippen LogP contribution in [-0.4, -0.2) is 14.6 Å². The molecule has 2 aromatic heterocycles. The summed E-state index contributed by atoms with van der Waals surface area (Å²) < 4.78 is 7.81. The summed E-state index contributed by atoms with van der Waals surface area (Å²) in [6, 6.07) is 19.6. The molecule has 2 aromatic carbocycles. The van der Waals surface area contributed by atoms with Crippen molar-refractivity contribution in [1.82, 2.24) is 14.6 Å². The third kappa shape index (κ3) is 2.01. The Bertz CT molecular complexity index is 929. The molecule has 21 heavy (non-hydrogen) atoms. The first-order valence-electron chi connectivity index (χ1n) is 6.79. The SMILES string of the molecule is Cc1cc2nc(Oc3ccccc3)c3ccccc3n2n1. The van der Waals surface area contributed by atoms with Crippen LogP contribution in [0.25, 0.3) is 16.6 Å². The van der Waals surface area contributed by atoms with E-state index in [4.69, 9.17) is 4.74 Å². The molecule has 0 aliphatic rings. The van der Waals surface area contributed by atoms with Gasteiger partial charge in [0, 0.05) is 6.07 Å². The minimum Gasteiger partial charge on any atom is -0.438 e. The molecule has 102 valence electrons. The number of benzene rings is 2. The Kier molecular flexibility index (Phi) is 2.60. The highest BCUT2D eigenvalue weighted by Crippen LogP contribution is 2.28. The van der Waals surface area contributed by atoms with E-state index in [1.807, 2.05) is 72.1 Å². The Balaban J connectivity index is 1.98. The van der Waals surface area contributed by atoms with Gasteiger partial charge in [0.2, 0.25) is 5.88 Å². The van der Waals surface area contributed by atoms with Gasteiger partial charge in [-0.05, 0) is 31.2 Å². The first-order valence-corrected chi connectivity index (χ1v) is 6.79. The first kappa shape index (κ1) is 11.9. The number of aromatic nitrogens is 3. The van der Waals surface area contributed by atoms with Crippen molar-refractivity contribution >= 4 is 16.6 Å². The van der Waals surface area contributed by atoms with Crippen molar-refractivity contribution in [2.45, 2.75) is 6.92 Å². The molecule has 0 fully saturated rings. The van der Waals surface area contributed by atoms with Gasteiger partial charge >= 0.3 is 0 Å². The van der Waals surface area contributed by atoms with Gasteiger partial charge in [0.05, 0.1) is 16.6 Å². The molecule has 0 aliphatic carbocycles. The van der Waals surface area contributed by atoms with Crippen molar-refractivity contribution in [2.24, 2.45) is 0 Å². The van der Waals surface area contributed by atoms with E-state index in [-0.39, 0.29) is 0 Å². The lowest BCUT2D eigenvalue weighted by atomic mass is 10.2.